The molecule has 0 saturated carbocycles. The molecule has 2 N–H and O–H groups in total. The van der Waals surface area contributed by atoms with Crippen molar-refractivity contribution in [1.29, 1.82) is 0 Å². The fourth-order valence-corrected chi connectivity index (χ4v) is 3.68. The van der Waals surface area contributed by atoms with Gasteiger partial charge < -0.3 is 15.5 Å². The Labute approximate surface area is 173 Å². The molecule has 0 spiro atoms. The second kappa shape index (κ2) is 9.59. The lowest BCUT2D eigenvalue weighted by atomic mass is 10.2. The highest BCUT2D eigenvalue weighted by Gasteiger charge is 2.16. The molecule has 1 aromatic carbocycles. The average Bonchev–Trinajstić information content (AvgIpc) is 3.18. The van der Waals surface area contributed by atoms with E-state index in [0.717, 1.165) is 29.5 Å². The van der Waals surface area contributed by atoms with Crippen LogP contribution in [0.3, 0.4) is 0 Å². The Morgan fingerprint density at radius 1 is 1.14 bits per heavy atom. The minimum absolute atomic E-state index is 0. The van der Waals surface area contributed by atoms with Crippen LogP contribution in [0.25, 0.3) is 10.8 Å². The van der Waals surface area contributed by atoms with Crippen LogP contribution in [0.15, 0.2) is 48.1 Å². The molecule has 3 aromatic rings. The van der Waals surface area contributed by atoms with Crippen LogP contribution >= 0.6 is 23.7 Å². The number of amides is 1. The Balaban J connectivity index is 0.00000225. The van der Waals surface area contributed by atoms with E-state index in [-0.39, 0.29) is 18.3 Å². The fraction of sp³-hybridized carbons (Fsp3) is 0.263. The molecule has 0 bridgehead atoms. The SMILES string of the molecule is Cl.O=C1CN(c2ccc(CNCc3csc(-c4ncccn4)n3)cc2)CCN1. The van der Waals surface area contributed by atoms with E-state index in [1.165, 1.54) is 5.56 Å². The summed E-state index contributed by atoms with van der Waals surface area (Å²) in [5.41, 5.74) is 3.26. The van der Waals surface area contributed by atoms with Crippen molar-refractivity contribution in [3.8, 4) is 10.8 Å². The van der Waals surface area contributed by atoms with Gasteiger partial charge in [-0.2, -0.15) is 0 Å². The summed E-state index contributed by atoms with van der Waals surface area (Å²) in [4.78, 5) is 26.6. The van der Waals surface area contributed by atoms with Gasteiger partial charge in [-0.1, -0.05) is 12.1 Å². The monoisotopic (exact) mass is 416 g/mol. The molecule has 28 heavy (non-hydrogen) atoms. The summed E-state index contributed by atoms with van der Waals surface area (Å²) in [6.07, 6.45) is 3.45. The van der Waals surface area contributed by atoms with E-state index in [0.29, 0.717) is 25.5 Å². The van der Waals surface area contributed by atoms with Crippen molar-refractivity contribution in [1.82, 2.24) is 25.6 Å². The maximum Gasteiger partial charge on any atom is 0.239 e. The lowest BCUT2D eigenvalue weighted by molar-refractivity contribution is -0.120. The zero-order valence-electron chi connectivity index (χ0n) is 15.2. The van der Waals surface area contributed by atoms with E-state index < -0.39 is 0 Å². The summed E-state index contributed by atoms with van der Waals surface area (Å²) in [6, 6.07) is 10.1. The normalized spacial score (nSPS) is 13.7. The molecule has 4 rings (SSSR count). The molecule has 0 radical (unpaired) electrons. The predicted molar refractivity (Wildman–Crippen MR) is 113 cm³/mol. The number of hydrogen-bond donors (Lipinski definition) is 2. The van der Waals surface area contributed by atoms with Crippen LogP contribution in [0.5, 0.6) is 0 Å². The smallest absolute Gasteiger partial charge is 0.239 e. The maximum atomic E-state index is 11.5. The third kappa shape index (κ3) is 5.03. The van der Waals surface area contributed by atoms with E-state index >= 15 is 0 Å². The van der Waals surface area contributed by atoms with Gasteiger partial charge in [-0.3, -0.25) is 4.79 Å². The Morgan fingerprint density at radius 2 is 1.93 bits per heavy atom. The lowest BCUT2D eigenvalue weighted by Gasteiger charge is -2.28. The number of hydrogen-bond acceptors (Lipinski definition) is 7. The van der Waals surface area contributed by atoms with Crippen LogP contribution in [0.2, 0.25) is 0 Å². The molecule has 0 unspecified atom stereocenters. The first kappa shape index (κ1) is 20.2. The molecule has 1 aliphatic rings. The van der Waals surface area contributed by atoms with Crippen molar-refractivity contribution in [2.45, 2.75) is 13.1 Å². The van der Waals surface area contributed by atoms with Gasteiger partial charge in [-0.15, -0.1) is 23.7 Å². The molecule has 1 saturated heterocycles. The van der Waals surface area contributed by atoms with Crippen molar-refractivity contribution in [3.63, 3.8) is 0 Å². The van der Waals surface area contributed by atoms with Crippen molar-refractivity contribution in [2.75, 3.05) is 24.5 Å². The van der Waals surface area contributed by atoms with Gasteiger partial charge in [0.05, 0.1) is 12.2 Å². The summed E-state index contributed by atoms with van der Waals surface area (Å²) in [7, 11) is 0. The molecule has 2 aromatic heterocycles. The van der Waals surface area contributed by atoms with E-state index in [9.17, 15) is 4.79 Å². The zero-order valence-corrected chi connectivity index (χ0v) is 16.8. The molecule has 1 aliphatic heterocycles. The zero-order chi connectivity index (χ0) is 18.5. The topological polar surface area (TPSA) is 83.0 Å². The van der Waals surface area contributed by atoms with E-state index in [1.807, 2.05) is 5.38 Å². The highest BCUT2D eigenvalue weighted by Crippen LogP contribution is 2.20. The third-order valence-electron chi connectivity index (χ3n) is 4.28. The quantitative estimate of drug-likeness (QED) is 0.641. The molecule has 9 heteroatoms. The van der Waals surface area contributed by atoms with Crippen molar-refractivity contribution >= 4 is 35.3 Å². The number of thiazole rings is 1. The van der Waals surface area contributed by atoms with Crippen LogP contribution in [0, 0.1) is 0 Å². The van der Waals surface area contributed by atoms with Crippen LogP contribution in [0.1, 0.15) is 11.3 Å². The van der Waals surface area contributed by atoms with Crippen LogP contribution < -0.4 is 15.5 Å². The fourth-order valence-electron chi connectivity index (χ4n) is 2.92. The Bertz CT molecular complexity index is 902. The first-order valence-electron chi connectivity index (χ1n) is 8.81. The van der Waals surface area contributed by atoms with Crippen LogP contribution in [-0.2, 0) is 17.9 Å². The van der Waals surface area contributed by atoms with Crippen LogP contribution in [-0.4, -0.2) is 40.5 Å². The number of aromatic nitrogens is 3. The van der Waals surface area contributed by atoms with Crippen LogP contribution in [0.4, 0.5) is 5.69 Å². The van der Waals surface area contributed by atoms with Crippen molar-refractivity contribution in [2.24, 2.45) is 0 Å². The lowest BCUT2D eigenvalue weighted by Crippen LogP contribution is -2.47. The Morgan fingerprint density at radius 3 is 2.68 bits per heavy atom. The first-order valence-corrected chi connectivity index (χ1v) is 9.69. The number of anilines is 1. The molecule has 7 nitrogen and oxygen atoms in total. The minimum Gasteiger partial charge on any atom is -0.360 e. The molecule has 0 atom stereocenters. The van der Waals surface area contributed by atoms with Crippen molar-refractivity contribution in [3.05, 3.63) is 59.4 Å². The summed E-state index contributed by atoms with van der Waals surface area (Å²) in [5, 5.41) is 9.13. The number of rotatable bonds is 6. The van der Waals surface area contributed by atoms with E-state index in [2.05, 4.69) is 54.8 Å². The molecule has 1 amide bonds. The number of nitrogens with zero attached hydrogens (tertiary/aromatic N) is 4. The number of halogens is 1. The number of carbonyl (C=O) groups excluding carboxylic acids is 1. The highest BCUT2D eigenvalue weighted by molar-refractivity contribution is 7.13. The molecular weight excluding hydrogens is 396 g/mol. The van der Waals surface area contributed by atoms with E-state index in [4.69, 9.17) is 0 Å². The standard InChI is InChI=1S/C19H20N6OS.ClH/c26-17-12-25(9-8-21-17)16-4-2-14(3-5-16)10-20-11-15-13-27-19(24-15)18-22-6-1-7-23-18;/h1-7,13,20H,8-12H2,(H,21,26);1H. The van der Waals surface area contributed by atoms with Gasteiger partial charge in [0.25, 0.3) is 0 Å². The first-order chi connectivity index (χ1) is 13.3. The van der Waals surface area contributed by atoms with Gasteiger partial charge in [0.2, 0.25) is 5.91 Å². The predicted octanol–water partition coefficient (Wildman–Crippen LogP) is 2.25. The largest absolute Gasteiger partial charge is 0.360 e. The summed E-state index contributed by atoms with van der Waals surface area (Å²) in [6.45, 7) is 3.42. The minimum atomic E-state index is 0. The van der Waals surface area contributed by atoms with Gasteiger partial charge in [0.1, 0.15) is 0 Å². The summed E-state index contributed by atoms with van der Waals surface area (Å²) in [5.74, 6) is 0.742. The molecule has 3 heterocycles. The number of piperazine rings is 1. The summed E-state index contributed by atoms with van der Waals surface area (Å²) >= 11 is 1.55. The van der Waals surface area contributed by atoms with E-state index in [1.54, 1.807) is 29.8 Å². The average molecular weight is 417 g/mol. The molecule has 146 valence electrons. The number of benzene rings is 1. The second-order valence-corrected chi connectivity index (χ2v) is 7.12. The van der Waals surface area contributed by atoms with Gasteiger partial charge >= 0.3 is 0 Å². The van der Waals surface area contributed by atoms with Gasteiger partial charge in [0, 0.05) is 49.6 Å². The molecule has 1 fully saturated rings. The third-order valence-corrected chi connectivity index (χ3v) is 5.17. The van der Waals surface area contributed by atoms with Gasteiger partial charge in [0.15, 0.2) is 10.8 Å². The number of carbonyl (C=O) groups is 1. The second-order valence-electron chi connectivity index (χ2n) is 6.26. The maximum absolute atomic E-state index is 11.5. The number of nitrogens with one attached hydrogen (secondary N) is 2. The Hall–Kier alpha value is -2.55. The molecular formula is C19H21ClN6OS. The van der Waals surface area contributed by atoms with Crippen molar-refractivity contribution < 1.29 is 4.79 Å². The van der Waals surface area contributed by atoms with Gasteiger partial charge in [-0.05, 0) is 23.8 Å². The highest BCUT2D eigenvalue weighted by atomic mass is 35.5. The van der Waals surface area contributed by atoms with Gasteiger partial charge in [-0.25, -0.2) is 15.0 Å². The summed E-state index contributed by atoms with van der Waals surface area (Å²) < 4.78 is 0. The Kier molecular flexibility index (Phi) is 6.91. The molecule has 0 aliphatic carbocycles.